The van der Waals surface area contributed by atoms with E-state index < -0.39 is 11.8 Å². The van der Waals surface area contributed by atoms with Crippen LogP contribution in [0.2, 0.25) is 0 Å². The van der Waals surface area contributed by atoms with E-state index in [1.54, 1.807) is 14.7 Å². The van der Waals surface area contributed by atoms with Crippen molar-refractivity contribution in [2.45, 2.75) is 6.92 Å². The molecule has 0 bridgehead atoms. The molecule has 2 aliphatic rings. The summed E-state index contributed by atoms with van der Waals surface area (Å²) in [5.74, 6) is -0.844. The number of piperazine rings is 2. The Bertz CT molecular complexity index is 371. The zero-order valence-corrected chi connectivity index (χ0v) is 11.2. The van der Waals surface area contributed by atoms with Crippen molar-refractivity contribution in [2.24, 2.45) is 0 Å². The van der Waals surface area contributed by atoms with E-state index in [-0.39, 0.29) is 5.91 Å². The summed E-state index contributed by atoms with van der Waals surface area (Å²) in [5.41, 5.74) is 0. The van der Waals surface area contributed by atoms with Gasteiger partial charge in [0.25, 0.3) is 0 Å². The van der Waals surface area contributed by atoms with Gasteiger partial charge in [-0.05, 0) is 0 Å². The van der Waals surface area contributed by atoms with Gasteiger partial charge in [-0.25, -0.2) is 0 Å². The van der Waals surface area contributed by atoms with Crippen molar-refractivity contribution in [1.82, 2.24) is 20.0 Å². The zero-order chi connectivity index (χ0) is 13.8. The van der Waals surface area contributed by atoms with E-state index in [0.717, 1.165) is 13.1 Å². The molecular formula is C12H20N4O3. The molecule has 0 aromatic carbocycles. The molecule has 0 aromatic rings. The van der Waals surface area contributed by atoms with Gasteiger partial charge < -0.3 is 20.0 Å². The van der Waals surface area contributed by atoms with Crippen LogP contribution in [0, 0.1) is 0 Å². The Kier molecular flexibility index (Phi) is 4.36. The highest BCUT2D eigenvalue weighted by Gasteiger charge is 2.30. The molecule has 106 valence electrons. The van der Waals surface area contributed by atoms with E-state index in [0.29, 0.717) is 39.3 Å². The van der Waals surface area contributed by atoms with Crippen LogP contribution >= 0.6 is 0 Å². The predicted octanol–water partition coefficient (Wildman–Crippen LogP) is -1.89. The van der Waals surface area contributed by atoms with Crippen LogP contribution in [0.4, 0.5) is 0 Å². The number of amides is 3. The van der Waals surface area contributed by atoms with E-state index in [1.165, 1.54) is 6.92 Å². The lowest BCUT2D eigenvalue weighted by molar-refractivity contribution is -0.153. The van der Waals surface area contributed by atoms with Crippen LogP contribution in [0.3, 0.4) is 0 Å². The van der Waals surface area contributed by atoms with Gasteiger partial charge in [-0.15, -0.1) is 0 Å². The lowest BCUT2D eigenvalue weighted by Gasteiger charge is -2.35. The summed E-state index contributed by atoms with van der Waals surface area (Å²) in [7, 11) is 0. The first-order valence-corrected chi connectivity index (χ1v) is 6.64. The Labute approximate surface area is 112 Å². The highest BCUT2D eigenvalue weighted by Crippen LogP contribution is 2.05. The molecule has 7 heteroatoms. The number of carbonyl (C=O) groups is 3. The third kappa shape index (κ3) is 3.23. The molecule has 0 radical (unpaired) electrons. The fraction of sp³-hybridized carbons (Fsp3) is 0.750. The Morgan fingerprint density at radius 2 is 1.16 bits per heavy atom. The molecule has 0 saturated carbocycles. The van der Waals surface area contributed by atoms with Gasteiger partial charge in [0, 0.05) is 59.3 Å². The number of carbonyl (C=O) groups excluding carboxylic acids is 3. The second-order valence-electron chi connectivity index (χ2n) is 4.84. The van der Waals surface area contributed by atoms with E-state index in [2.05, 4.69) is 5.32 Å². The summed E-state index contributed by atoms with van der Waals surface area (Å²) in [4.78, 5) is 40.2. The zero-order valence-electron chi connectivity index (χ0n) is 11.2. The summed E-state index contributed by atoms with van der Waals surface area (Å²) in [6.07, 6.45) is 0. The van der Waals surface area contributed by atoms with E-state index >= 15 is 0 Å². The Balaban J connectivity index is 1.86. The van der Waals surface area contributed by atoms with Crippen molar-refractivity contribution in [3.8, 4) is 0 Å². The normalized spacial score (nSPS) is 20.4. The molecular weight excluding hydrogens is 248 g/mol. The minimum Gasteiger partial charge on any atom is -0.339 e. The van der Waals surface area contributed by atoms with Gasteiger partial charge in [0.05, 0.1) is 0 Å². The number of nitrogens with zero attached hydrogens (tertiary/aromatic N) is 3. The summed E-state index contributed by atoms with van der Waals surface area (Å²) < 4.78 is 0. The second kappa shape index (κ2) is 6.01. The highest BCUT2D eigenvalue weighted by molar-refractivity contribution is 6.34. The van der Waals surface area contributed by atoms with Crippen LogP contribution in [-0.2, 0) is 14.4 Å². The molecule has 2 heterocycles. The maximum absolute atomic E-state index is 12.1. The van der Waals surface area contributed by atoms with E-state index in [1.807, 2.05) is 0 Å². The summed E-state index contributed by atoms with van der Waals surface area (Å²) in [6, 6.07) is 0. The lowest BCUT2D eigenvalue weighted by Crippen LogP contribution is -2.56. The fourth-order valence-corrected chi connectivity index (χ4v) is 2.36. The van der Waals surface area contributed by atoms with Crippen molar-refractivity contribution in [3.63, 3.8) is 0 Å². The third-order valence-electron chi connectivity index (χ3n) is 3.60. The van der Waals surface area contributed by atoms with Crippen molar-refractivity contribution in [3.05, 3.63) is 0 Å². The number of nitrogens with one attached hydrogen (secondary N) is 1. The largest absolute Gasteiger partial charge is 0.339 e. The smallest absolute Gasteiger partial charge is 0.312 e. The van der Waals surface area contributed by atoms with Gasteiger partial charge in [0.2, 0.25) is 5.91 Å². The molecule has 2 fully saturated rings. The van der Waals surface area contributed by atoms with Crippen molar-refractivity contribution < 1.29 is 14.4 Å². The first-order chi connectivity index (χ1) is 9.09. The van der Waals surface area contributed by atoms with Crippen LogP contribution in [0.1, 0.15) is 6.92 Å². The van der Waals surface area contributed by atoms with E-state index in [4.69, 9.17) is 0 Å². The predicted molar refractivity (Wildman–Crippen MR) is 68.3 cm³/mol. The average Bonchev–Trinajstić information content (AvgIpc) is 2.46. The van der Waals surface area contributed by atoms with Gasteiger partial charge in [0.1, 0.15) is 0 Å². The minimum absolute atomic E-state index is 0.0144. The maximum atomic E-state index is 12.1. The number of hydrogen-bond acceptors (Lipinski definition) is 4. The van der Waals surface area contributed by atoms with Crippen LogP contribution in [0.5, 0.6) is 0 Å². The number of rotatable bonds is 0. The van der Waals surface area contributed by atoms with Crippen LogP contribution < -0.4 is 5.32 Å². The second-order valence-corrected chi connectivity index (χ2v) is 4.84. The monoisotopic (exact) mass is 268 g/mol. The van der Waals surface area contributed by atoms with Crippen LogP contribution in [0.15, 0.2) is 0 Å². The van der Waals surface area contributed by atoms with Gasteiger partial charge >= 0.3 is 11.8 Å². The van der Waals surface area contributed by atoms with Crippen molar-refractivity contribution in [2.75, 3.05) is 52.4 Å². The summed E-state index contributed by atoms with van der Waals surface area (Å²) in [5, 5.41) is 3.14. The first kappa shape index (κ1) is 13.8. The van der Waals surface area contributed by atoms with Crippen LogP contribution in [0.25, 0.3) is 0 Å². The molecule has 3 amide bonds. The molecule has 0 unspecified atom stereocenters. The first-order valence-electron chi connectivity index (χ1n) is 6.64. The molecule has 1 N–H and O–H groups in total. The Hall–Kier alpha value is -1.63. The molecule has 7 nitrogen and oxygen atoms in total. The van der Waals surface area contributed by atoms with Crippen molar-refractivity contribution >= 4 is 17.7 Å². The maximum Gasteiger partial charge on any atom is 0.312 e. The molecule has 19 heavy (non-hydrogen) atoms. The molecule has 0 aliphatic carbocycles. The van der Waals surface area contributed by atoms with Gasteiger partial charge in [-0.1, -0.05) is 0 Å². The van der Waals surface area contributed by atoms with Crippen LogP contribution in [-0.4, -0.2) is 84.8 Å². The molecule has 0 aromatic heterocycles. The van der Waals surface area contributed by atoms with Gasteiger partial charge in [0.15, 0.2) is 0 Å². The molecule has 2 saturated heterocycles. The highest BCUT2D eigenvalue weighted by atomic mass is 16.2. The summed E-state index contributed by atoms with van der Waals surface area (Å²) >= 11 is 0. The Morgan fingerprint density at radius 1 is 0.737 bits per heavy atom. The lowest BCUT2D eigenvalue weighted by atomic mass is 10.2. The minimum atomic E-state index is -0.440. The Morgan fingerprint density at radius 3 is 1.63 bits per heavy atom. The molecule has 0 spiro atoms. The molecule has 0 atom stereocenters. The number of hydrogen-bond donors (Lipinski definition) is 1. The summed E-state index contributed by atoms with van der Waals surface area (Å²) in [6.45, 7) is 6.05. The SMILES string of the molecule is CC(=O)N1CCN(C(=O)C(=O)N2CCNCC2)CC1. The molecule has 2 aliphatic heterocycles. The third-order valence-corrected chi connectivity index (χ3v) is 3.60. The quantitative estimate of drug-likeness (QED) is 0.521. The van der Waals surface area contributed by atoms with E-state index in [9.17, 15) is 14.4 Å². The van der Waals surface area contributed by atoms with Crippen molar-refractivity contribution in [1.29, 1.82) is 0 Å². The average molecular weight is 268 g/mol. The molecule has 2 rings (SSSR count). The fourth-order valence-electron chi connectivity index (χ4n) is 2.36. The topological polar surface area (TPSA) is 73.0 Å². The van der Waals surface area contributed by atoms with Gasteiger partial charge in [-0.2, -0.15) is 0 Å². The van der Waals surface area contributed by atoms with Gasteiger partial charge in [-0.3, -0.25) is 14.4 Å². The standard InChI is InChI=1S/C12H20N4O3/c1-10(17)14-6-8-16(9-7-14)12(19)11(18)15-4-2-13-3-5-15/h13H,2-9H2,1H3.